The second-order valence-electron chi connectivity index (χ2n) is 4.30. The van der Waals surface area contributed by atoms with Gasteiger partial charge in [-0.15, -0.1) is 0 Å². The molecule has 1 saturated heterocycles. The van der Waals surface area contributed by atoms with Gasteiger partial charge in [0.15, 0.2) is 0 Å². The van der Waals surface area contributed by atoms with Gasteiger partial charge in [0.05, 0.1) is 0 Å². The zero-order valence-electron chi connectivity index (χ0n) is 9.36. The van der Waals surface area contributed by atoms with Gasteiger partial charge in [-0.05, 0) is 38.4 Å². The van der Waals surface area contributed by atoms with Crippen molar-refractivity contribution in [2.45, 2.75) is 25.4 Å². The fraction of sp³-hybridized carbons (Fsp3) is 0.500. The summed E-state index contributed by atoms with van der Waals surface area (Å²) in [5.74, 6) is 0.441. The van der Waals surface area contributed by atoms with Crippen molar-refractivity contribution in [1.82, 2.24) is 10.3 Å². The molecule has 1 N–H and O–H groups in total. The smallest absolute Gasteiger partial charge is 0.232 e. The molecular formula is C12H15N3O. The molecule has 0 spiro atoms. The lowest BCUT2D eigenvalue weighted by molar-refractivity contribution is 0.0563. The summed E-state index contributed by atoms with van der Waals surface area (Å²) in [6, 6.07) is 5.56. The van der Waals surface area contributed by atoms with E-state index in [1.807, 2.05) is 0 Å². The molecule has 4 heteroatoms. The number of nitrogens with one attached hydrogen (secondary N) is 1. The van der Waals surface area contributed by atoms with E-state index < -0.39 is 0 Å². The van der Waals surface area contributed by atoms with Crippen LogP contribution in [-0.4, -0.2) is 23.7 Å². The first kappa shape index (κ1) is 10.9. The summed E-state index contributed by atoms with van der Waals surface area (Å²) >= 11 is 0. The topological polar surface area (TPSA) is 57.9 Å². The van der Waals surface area contributed by atoms with Crippen molar-refractivity contribution in [3.8, 4) is 11.9 Å². The van der Waals surface area contributed by atoms with E-state index in [1.54, 1.807) is 18.3 Å². The van der Waals surface area contributed by atoms with Gasteiger partial charge < -0.3 is 10.1 Å². The second-order valence-corrected chi connectivity index (χ2v) is 4.30. The summed E-state index contributed by atoms with van der Waals surface area (Å²) < 4.78 is 5.87. The summed E-state index contributed by atoms with van der Waals surface area (Å²) in [7, 11) is 0. The van der Waals surface area contributed by atoms with Crippen molar-refractivity contribution in [3.05, 3.63) is 23.9 Å². The molecular weight excluding hydrogens is 202 g/mol. The lowest BCUT2D eigenvalue weighted by Gasteiger charge is -2.34. The molecule has 1 unspecified atom stereocenters. The predicted octanol–water partition coefficient (Wildman–Crippen LogP) is 1.47. The number of ether oxygens (including phenoxy) is 1. The predicted molar refractivity (Wildman–Crippen MR) is 60.1 cm³/mol. The molecule has 0 radical (unpaired) electrons. The largest absolute Gasteiger partial charge is 0.469 e. The van der Waals surface area contributed by atoms with Gasteiger partial charge in [-0.1, -0.05) is 0 Å². The van der Waals surface area contributed by atoms with Crippen LogP contribution in [0.4, 0.5) is 0 Å². The van der Waals surface area contributed by atoms with E-state index >= 15 is 0 Å². The Morgan fingerprint density at radius 3 is 3.19 bits per heavy atom. The molecule has 1 aliphatic rings. The van der Waals surface area contributed by atoms with E-state index in [9.17, 15) is 0 Å². The summed E-state index contributed by atoms with van der Waals surface area (Å²) in [5, 5.41) is 12.2. The molecule has 1 atom stereocenters. The van der Waals surface area contributed by atoms with E-state index in [1.165, 1.54) is 0 Å². The molecule has 1 aromatic heterocycles. The van der Waals surface area contributed by atoms with Gasteiger partial charge in [0, 0.05) is 12.7 Å². The molecule has 4 nitrogen and oxygen atoms in total. The average molecular weight is 217 g/mol. The Morgan fingerprint density at radius 2 is 2.50 bits per heavy atom. The standard InChI is InChI=1S/C12H15N3O/c1-12(5-3-6-14-9-12)16-11-10(8-13)4-2-7-15-11/h2,4,7,14H,3,5-6,9H2,1H3. The first-order valence-electron chi connectivity index (χ1n) is 5.48. The first-order chi connectivity index (χ1) is 7.73. The van der Waals surface area contributed by atoms with E-state index in [0.29, 0.717) is 11.4 Å². The van der Waals surface area contributed by atoms with Gasteiger partial charge in [-0.3, -0.25) is 0 Å². The van der Waals surface area contributed by atoms with Crippen LogP contribution in [0.15, 0.2) is 18.3 Å². The highest BCUT2D eigenvalue weighted by molar-refractivity contribution is 5.37. The third-order valence-electron chi connectivity index (χ3n) is 2.79. The molecule has 0 amide bonds. The van der Waals surface area contributed by atoms with Gasteiger partial charge in [-0.2, -0.15) is 5.26 Å². The van der Waals surface area contributed by atoms with Crippen molar-refractivity contribution in [1.29, 1.82) is 5.26 Å². The van der Waals surface area contributed by atoms with E-state index in [4.69, 9.17) is 10.00 Å². The number of pyridine rings is 1. The number of piperidine rings is 1. The Bertz CT molecular complexity index is 405. The minimum absolute atomic E-state index is 0.252. The molecule has 0 bridgehead atoms. The third-order valence-corrected chi connectivity index (χ3v) is 2.79. The van der Waals surface area contributed by atoms with Crippen LogP contribution in [0, 0.1) is 11.3 Å². The Balaban J connectivity index is 2.16. The average Bonchev–Trinajstić information content (AvgIpc) is 2.30. The molecule has 0 aromatic carbocycles. The van der Waals surface area contributed by atoms with E-state index in [2.05, 4.69) is 23.3 Å². The van der Waals surface area contributed by atoms with Crippen molar-refractivity contribution in [2.75, 3.05) is 13.1 Å². The van der Waals surface area contributed by atoms with E-state index in [0.717, 1.165) is 25.9 Å². The fourth-order valence-electron chi connectivity index (χ4n) is 1.91. The fourth-order valence-corrected chi connectivity index (χ4v) is 1.91. The molecule has 84 valence electrons. The SMILES string of the molecule is CC1(Oc2ncccc2C#N)CCCNC1. The first-order valence-corrected chi connectivity index (χ1v) is 5.48. The lowest BCUT2D eigenvalue weighted by Crippen LogP contribution is -2.47. The Morgan fingerprint density at radius 1 is 1.62 bits per heavy atom. The zero-order chi connectivity index (χ0) is 11.4. The maximum absolute atomic E-state index is 8.95. The summed E-state index contributed by atoms with van der Waals surface area (Å²) in [6.07, 6.45) is 3.72. The van der Waals surface area contributed by atoms with Crippen LogP contribution >= 0.6 is 0 Å². The van der Waals surface area contributed by atoms with Crippen LogP contribution in [0.25, 0.3) is 0 Å². The highest BCUT2D eigenvalue weighted by Crippen LogP contribution is 2.24. The van der Waals surface area contributed by atoms with Crippen LogP contribution in [0.5, 0.6) is 5.88 Å². The Labute approximate surface area is 95.3 Å². The van der Waals surface area contributed by atoms with Gasteiger partial charge in [0.25, 0.3) is 0 Å². The molecule has 0 saturated carbocycles. The molecule has 1 fully saturated rings. The molecule has 1 aliphatic heterocycles. The van der Waals surface area contributed by atoms with Gasteiger partial charge >= 0.3 is 0 Å². The van der Waals surface area contributed by atoms with Gasteiger partial charge in [-0.25, -0.2) is 4.98 Å². The summed E-state index contributed by atoms with van der Waals surface area (Å²) in [5.41, 5.74) is 0.243. The molecule has 16 heavy (non-hydrogen) atoms. The number of nitriles is 1. The molecule has 2 rings (SSSR count). The number of hydrogen-bond donors (Lipinski definition) is 1. The maximum Gasteiger partial charge on any atom is 0.232 e. The van der Waals surface area contributed by atoms with Crippen LogP contribution in [-0.2, 0) is 0 Å². The zero-order valence-corrected chi connectivity index (χ0v) is 9.36. The maximum atomic E-state index is 8.95. The summed E-state index contributed by atoms with van der Waals surface area (Å²) in [6.45, 7) is 3.88. The van der Waals surface area contributed by atoms with Crippen molar-refractivity contribution < 1.29 is 4.74 Å². The molecule has 2 heterocycles. The quantitative estimate of drug-likeness (QED) is 0.815. The highest BCUT2D eigenvalue weighted by Gasteiger charge is 2.29. The number of aromatic nitrogens is 1. The van der Waals surface area contributed by atoms with Crippen LogP contribution in [0.3, 0.4) is 0 Å². The van der Waals surface area contributed by atoms with Crippen LogP contribution < -0.4 is 10.1 Å². The number of hydrogen-bond acceptors (Lipinski definition) is 4. The van der Waals surface area contributed by atoms with Crippen molar-refractivity contribution in [2.24, 2.45) is 0 Å². The van der Waals surface area contributed by atoms with Gasteiger partial charge in [0.1, 0.15) is 17.2 Å². The highest BCUT2D eigenvalue weighted by atomic mass is 16.5. The van der Waals surface area contributed by atoms with Crippen molar-refractivity contribution >= 4 is 0 Å². The monoisotopic (exact) mass is 217 g/mol. The minimum Gasteiger partial charge on any atom is -0.469 e. The van der Waals surface area contributed by atoms with Gasteiger partial charge in [0.2, 0.25) is 5.88 Å². The lowest BCUT2D eigenvalue weighted by atomic mass is 9.96. The molecule has 0 aliphatic carbocycles. The Kier molecular flexibility index (Phi) is 3.07. The molecule has 1 aromatic rings. The third kappa shape index (κ3) is 2.31. The van der Waals surface area contributed by atoms with E-state index in [-0.39, 0.29) is 5.60 Å². The van der Waals surface area contributed by atoms with Crippen molar-refractivity contribution in [3.63, 3.8) is 0 Å². The van der Waals surface area contributed by atoms with Crippen LogP contribution in [0.1, 0.15) is 25.3 Å². The number of rotatable bonds is 2. The summed E-state index contributed by atoms with van der Waals surface area (Å²) in [4.78, 5) is 4.12. The number of nitrogens with zero attached hydrogens (tertiary/aromatic N) is 2. The minimum atomic E-state index is -0.252. The van der Waals surface area contributed by atoms with Crippen LogP contribution in [0.2, 0.25) is 0 Å². The normalized spacial score (nSPS) is 24.8. The Hall–Kier alpha value is -1.60. The second kappa shape index (κ2) is 4.50.